The number of anilines is 2. The van der Waals surface area contributed by atoms with Gasteiger partial charge < -0.3 is 25.2 Å². The van der Waals surface area contributed by atoms with Crippen molar-refractivity contribution in [2.75, 3.05) is 44.2 Å². The van der Waals surface area contributed by atoms with E-state index in [0.717, 1.165) is 37.1 Å². The Morgan fingerprint density at radius 1 is 0.766 bits per heavy atom. The predicted octanol–water partition coefficient (Wildman–Crippen LogP) is 4.12. The minimum atomic E-state index is -0.293. The number of carbonyl (C=O) groups is 3. The van der Waals surface area contributed by atoms with Crippen LogP contribution in [0.4, 0.5) is 11.4 Å². The Hall–Kier alpha value is -5.32. The summed E-state index contributed by atoms with van der Waals surface area (Å²) in [5, 5.41) is 5.91. The van der Waals surface area contributed by atoms with Crippen molar-refractivity contribution in [2.45, 2.75) is 38.5 Å². The standard InChI is InChI=1S/C36H41N7O4/c44-34(40-19-15-29-11-5-7-17-38-29)26-42-21-9-1-2-10-22-47-33-14-4-3-13-32(33)43(31-23-28(36(42)46)24-37-25-31)27-35(45)41-20-16-30-12-6-8-18-39-30/h3-8,11-14,17-18,23-25H,1-2,9-10,15-16,19-22,26-27H2,(H,40,44)(H,41,45). The molecule has 11 nitrogen and oxygen atoms in total. The van der Waals surface area contributed by atoms with Crippen molar-refractivity contribution in [3.8, 4) is 5.75 Å². The molecule has 4 heterocycles. The van der Waals surface area contributed by atoms with Crippen molar-refractivity contribution in [3.63, 3.8) is 0 Å². The summed E-state index contributed by atoms with van der Waals surface area (Å²) in [6, 6.07) is 20.7. The first kappa shape index (κ1) is 33.1. The van der Waals surface area contributed by atoms with Crippen molar-refractivity contribution in [1.29, 1.82) is 0 Å². The maximum absolute atomic E-state index is 13.9. The van der Waals surface area contributed by atoms with Gasteiger partial charge in [-0.1, -0.05) is 37.1 Å². The van der Waals surface area contributed by atoms with E-state index in [2.05, 4.69) is 25.6 Å². The van der Waals surface area contributed by atoms with Crippen molar-refractivity contribution in [3.05, 3.63) is 108 Å². The number of fused-ring (bicyclic) bond motifs is 3. The monoisotopic (exact) mass is 635 g/mol. The smallest absolute Gasteiger partial charge is 0.255 e. The van der Waals surface area contributed by atoms with Crippen LogP contribution in [-0.2, 0) is 22.4 Å². The van der Waals surface area contributed by atoms with Gasteiger partial charge in [0, 0.05) is 62.5 Å². The van der Waals surface area contributed by atoms with Crippen LogP contribution in [0.1, 0.15) is 47.4 Å². The molecule has 0 radical (unpaired) electrons. The van der Waals surface area contributed by atoms with E-state index in [4.69, 9.17) is 4.74 Å². The Morgan fingerprint density at radius 2 is 1.43 bits per heavy atom. The number of pyridine rings is 3. The lowest BCUT2D eigenvalue weighted by Crippen LogP contribution is -2.42. The van der Waals surface area contributed by atoms with Crippen LogP contribution in [0.3, 0.4) is 0 Å². The molecule has 11 heteroatoms. The zero-order valence-corrected chi connectivity index (χ0v) is 26.5. The minimum Gasteiger partial charge on any atom is -0.491 e. The molecule has 3 aromatic heterocycles. The van der Waals surface area contributed by atoms with Crippen LogP contribution in [0.2, 0.25) is 0 Å². The lowest BCUT2D eigenvalue weighted by molar-refractivity contribution is -0.122. The Kier molecular flexibility index (Phi) is 12.2. The molecule has 5 rings (SSSR count). The van der Waals surface area contributed by atoms with Gasteiger partial charge in [0.05, 0.1) is 36.3 Å². The molecular weight excluding hydrogens is 594 g/mol. The number of aromatic nitrogens is 3. The van der Waals surface area contributed by atoms with E-state index in [9.17, 15) is 14.4 Å². The maximum Gasteiger partial charge on any atom is 0.255 e. The molecule has 1 aliphatic rings. The fourth-order valence-corrected chi connectivity index (χ4v) is 5.37. The average molecular weight is 636 g/mol. The Morgan fingerprint density at radius 3 is 2.13 bits per heavy atom. The Balaban J connectivity index is 1.34. The lowest BCUT2D eigenvalue weighted by atomic mass is 10.1. The summed E-state index contributed by atoms with van der Waals surface area (Å²) < 4.78 is 6.21. The molecule has 4 aromatic rings. The largest absolute Gasteiger partial charge is 0.491 e. The van der Waals surface area contributed by atoms with E-state index in [1.165, 1.54) is 6.20 Å². The van der Waals surface area contributed by atoms with Crippen LogP contribution in [0.15, 0.2) is 91.5 Å². The number of nitrogens with zero attached hydrogens (tertiary/aromatic N) is 5. The first-order valence-electron chi connectivity index (χ1n) is 16.1. The molecule has 2 N–H and O–H groups in total. The van der Waals surface area contributed by atoms with Gasteiger partial charge in [0.15, 0.2) is 0 Å². The molecule has 1 aliphatic heterocycles. The molecule has 3 amide bonds. The third-order valence-electron chi connectivity index (χ3n) is 7.80. The van der Waals surface area contributed by atoms with Crippen molar-refractivity contribution >= 4 is 29.1 Å². The number of hydrogen-bond acceptors (Lipinski definition) is 8. The van der Waals surface area contributed by atoms with Crippen LogP contribution in [0.5, 0.6) is 5.75 Å². The highest BCUT2D eigenvalue weighted by Gasteiger charge is 2.23. The number of hydrogen-bond donors (Lipinski definition) is 2. The quantitative estimate of drug-likeness (QED) is 0.266. The Labute approximate surface area is 275 Å². The number of nitrogens with one attached hydrogen (secondary N) is 2. The van der Waals surface area contributed by atoms with Gasteiger partial charge >= 0.3 is 0 Å². The van der Waals surface area contributed by atoms with Gasteiger partial charge in [-0.15, -0.1) is 0 Å². The molecule has 0 unspecified atom stereocenters. The number of carbonyl (C=O) groups excluding carboxylic acids is 3. The zero-order chi connectivity index (χ0) is 32.7. The first-order valence-corrected chi connectivity index (χ1v) is 16.1. The van der Waals surface area contributed by atoms with Gasteiger partial charge in [0.2, 0.25) is 11.8 Å². The average Bonchev–Trinajstić information content (AvgIpc) is 3.10. The van der Waals surface area contributed by atoms with Gasteiger partial charge in [-0.2, -0.15) is 0 Å². The molecule has 47 heavy (non-hydrogen) atoms. The molecule has 0 fully saturated rings. The molecule has 1 aromatic carbocycles. The lowest BCUT2D eigenvalue weighted by Gasteiger charge is -2.27. The van der Waals surface area contributed by atoms with E-state index in [-0.39, 0.29) is 30.8 Å². The molecule has 0 spiro atoms. The van der Waals surface area contributed by atoms with Crippen molar-refractivity contribution < 1.29 is 19.1 Å². The van der Waals surface area contributed by atoms with Gasteiger partial charge in [-0.05, 0) is 55.3 Å². The van der Waals surface area contributed by atoms with Crippen LogP contribution < -0.4 is 20.3 Å². The maximum atomic E-state index is 13.9. The Bertz CT molecular complexity index is 1600. The highest BCUT2D eigenvalue weighted by molar-refractivity contribution is 5.97. The normalized spacial score (nSPS) is 13.8. The molecule has 0 atom stereocenters. The van der Waals surface area contributed by atoms with Crippen molar-refractivity contribution in [1.82, 2.24) is 30.5 Å². The molecule has 2 bridgehead atoms. The van der Waals surface area contributed by atoms with E-state index in [1.54, 1.807) is 29.6 Å². The van der Waals surface area contributed by atoms with Gasteiger partial charge in [-0.25, -0.2) is 0 Å². The molecular formula is C36H41N7O4. The summed E-state index contributed by atoms with van der Waals surface area (Å²) in [4.78, 5) is 56.6. The van der Waals surface area contributed by atoms with Crippen LogP contribution in [-0.4, -0.2) is 76.9 Å². The van der Waals surface area contributed by atoms with E-state index >= 15 is 0 Å². The summed E-state index contributed by atoms with van der Waals surface area (Å²) in [6.07, 6.45) is 11.2. The molecule has 0 aliphatic carbocycles. The third kappa shape index (κ3) is 10.1. The second kappa shape index (κ2) is 17.4. The first-order chi connectivity index (χ1) is 23.1. The minimum absolute atomic E-state index is 0.0235. The predicted molar refractivity (Wildman–Crippen MR) is 179 cm³/mol. The second-order valence-corrected chi connectivity index (χ2v) is 11.3. The number of rotatable bonds is 10. The fraction of sp³-hybridized carbons (Fsp3) is 0.333. The van der Waals surface area contributed by atoms with Gasteiger partial charge in [-0.3, -0.25) is 29.3 Å². The topological polar surface area (TPSA) is 130 Å². The molecule has 0 saturated carbocycles. The second-order valence-electron chi connectivity index (χ2n) is 11.3. The number of amides is 3. The van der Waals surface area contributed by atoms with Crippen LogP contribution in [0, 0.1) is 0 Å². The zero-order valence-electron chi connectivity index (χ0n) is 26.5. The van der Waals surface area contributed by atoms with E-state index < -0.39 is 0 Å². The summed E-state index contributed by atoms with van der Waals surface area (Å²) >= 11 is 0. The van der Waals surface area contributed by atoms with Crippen LogP contribution >= 0.6 is 0 Å². The fourth-order valence-electron chi connectivity index (χ4n) is 5.37. The van der Waals surface area contributed by atoms with Crippen molar-refractivity contribution in [2.24, 2.45) is 0 Å². The number of ether oxygens (including phenoxy) is 1. The summed E-state index contributed by atoms with van der Waals surface area (Å²) in [5.74, 6) is -0.0835. The number of para-hydroxylation sites is 2. The van der Waals surface area contributed by atoms with Gasteiger partial charge in [0.1, 0.15) is 12.3 Å². The van der Waals surface area contributed by atoms with Crippen LogP contribution in [0.25, 0.3) is 0 Å². The highest BCUT2D eigenvalue weighted by atomic mass is 16.5. The molecule has 244 valence electrons. The SMILES string of the molecule is O=C(CN1CCCCCCOc2ccccc2N(CC(=O)NCCc2ccccn2)c2cncc(c2)C1=O)NCCc1ccccn1. The summed E-state index contributed by atoms with van der Waals surface area (Å²) in [7, 11) is 0. The highest BCUT2D eigenvalue weighted by Crippen LogP contribution is 2.34. The third-order valence-corrected chi connectivity index (χ3v) is 7.80. The van der Waals surface area contributed by atoms with Gasteiger partial charge in [0.25, 0.3) is 5.91 Å². The molecule has 0 saturated heterocycles. The van der Waals surface area contributed by atoms with E-state index in [0.29, 0.717) is 61.8 Å². The summed E-state index contributed by atoms with van der Waals surface area (Å²) in [6.45, 7) is 1.70. The van der Waals surface area contributed by atoms with E-state index in [1.807, 2.05) is 65.6 Å². The number of benzene rings is 1. The summed E-state index contributed by atoms with van der Waals surface area (Å²) in [5.41, 5.74) is 3.36.